The van der Waals surface area contributed by atoms with E-state index < -0.39 is 0 Å². The van der Waals surface area contributed by atoms with Gasteiger partial charge in [-0.1, -0.05) is 24.3 Å². The molecule has 1 aromatic heterocycles. The van der Waals surface area contributed by atoms with Gasteiger partial charge in [-0.25, -0.2) is 4.68 Å². The third-order valence-corrected chi connectivity index (χ3v) is 4.39. The molecule has 0 saturated heterocycles. The van der Waals surface area contributed by atoms with Crippen molar-refractivity contribution in [3.8, 4) is 23.2 Å². The molecule has 0 amide bonds. The number of aromatic nitrogens is 2. The third kappa shape index (κ3) is 4.27. The standard InChI is InChI=1S/C21H23N3O3/c1-4-24-20(13-19(23-24)17-7-5-6-15(12-17)14-22)27-18-10-8-16(9-11-18)21(25-2)26-3/h5-10,12-13,18,21H,4,11H2,1-3H3. The summed E-state index contributed by atoms with van der Waals surface area (Å²) in [5, 5.41) is 13.7. The van der Waals surface area contributed by atoms with Crippen LogP contribution in [0.3, 0.4) is 0 Å². The third-order valence-electron chi connectivity index (χ3n) is 4.39. The molecule has 0 spiro atoms. The minimum atomic E-state index is -0.359. The van der Waals surface area contributed by atoms with E-state index in [1.54, 1.807) is 20.3 Å². The zero-order chi connectivity index (χ0) is 19.2. The van der Waals surface area contributed by atoms with E-state index in [2.05, 4.69) is 17.2 Å². The molecule has 6 heteroatoms. The number of methoxy groups -OCH3 is 2. The normalized spacial score (nSPS) is 16.3. The van der Waals surface area contributed by atoms with Crippen molar-refractivity contribution in [3.63, 3.8) is 0 Å². The minimum Gasteiger partial charge on any atom is -0.470 e. The number of ether oxygens (including phenoxy) is 3. The second kappa shape index (κ2) is 8.67. The maximum atomic E-state index is 9.10. The van der Waals surface area contributed by atoms with E-state index in [1.807, 2.05) is 48.0 Å². The second-order valence-electron chi connectivity index (χ2n) is 6.13. The highest BCUT2D eigenvalue weighted by Crippen LogP contribution is 2.27. The lowest BCUT2D eigenvalue weighted by Gasteiger charge is -2.21. The fourth-order valence-electron chi connectivity index (χ4n) is 3.01. The average Bonchev–Trinajstić information content (AvgIpc) is 3.13. The lowest BCUT2D eigenvalue weighted by atomic mass is 10.0. The van der Waals surface area contributed by atoms with Crippen molar-refractivity contribution in [1.29, 1.82) is 5.26 Å². The topological polar surface area (TPSA) is 69.3 Å². The van der Waals surface area contributed by atoms with Crippen molar-refractivity contribution in [2.24, 2.45) is 0 Å². The molecule has 1 aliphatic rings. The first-order valence-corrected chi connectivity index (χ1v) is 8.87. The molecule has 1 heterocycles. The summed E-state index contributed by atoms with van der Waals surface area (Å²) in [5.41, 5.74) is 3.28. The zero-order valence-electron chi connectivity index (χ0n) is 15.8. The Bertz CT molecular complexity index is 888. The predicted octanol–water partition coefficient (Wildman–Crippen LogP) is 3.69. The van der Waals surface area contributed by atoms with Crippen molar-refractivity contribution in [1.82, 2.24) is 9.78 Å². The number of nitrogens with zero attached hydrogens (tertiary/aromatic N) is 3. The molecule has 0 N–H and O–H groups in total. The van der Waals surface area contributed by atoms with Crippen LogP contribution < -0.4 is 4.74 Å². The summed E-state index contributed by atoms with van der Waals surface area (Å²) in [6, 6.07) is 11.5. The average molecular weight is 365 g/mol. The molecule has 3 rings (SSSR count). The van der Waals surface area contributed by atoms with E-state index in [9.17, 15) is 0 Å². The highest BCUT2D eigenvalue weighted by molar-refractivity contribution is 5.62. The van der Waals surface area contributed by atoms with Crippen LogP contribution in [0.15, 0.2) is 54.1 Å². The largest absolute Gasteiger partial charge is 0.470 e. The van der Waals surface area contributed by atoms with Gasteiger partial charge in [0.1, 0.15) is 6.10 Å². The van der Waals surface area contributed by atoms with Crippen molar-refractivity contribution < 1.29 is 14.2 Å². The predicted molar refractivity (Wildman–Crippen MR) is 102 cm³/mol. The van der Waals surface area contributed by atoms with Gasteiger partial charge in [0, 0.05) is 44.4 Å². The van der Waals surface area contributed by atoms with Gasteiger partial charge in [0.05, 0.1) is 17.3 Å². The van der Waals surface area contributed by atoms with E-state index in [0.717, 1.165) is 23.3 Å². The first-order valence-electron chi connectivity index (χ1n) is 8.87. The van der Waals surface area contributed by atoms with Crippen LogP contribution in [0.5, 0.6) is 5.88 Å². The van der Waals surface area contributed by atoms with E-state index in [-0.39, 0.29) is 12.4 Å². The van der Waals surface area contributed by atoms with Gasteiger partial charge in [-0.15, -0.1) is 0 Å². The number of rotatable bonds is 7. The Morgan fingerprint density at radius 3 is 2.74 bits per heavy atom. The molecule has 2 aromatic rings. The van der Waals surface area contributed by atoms with Crippen molar-refractivity contribution in [2.75, 3.05) is 14.2 Å². The Labute approximate surface area is 159 Å². The summed E-state index contributed by atoms with van der Waals surface area (Å²) in [6.45, 7) is 2.71. The molecule has 0 aliphatic heterocycles. The molecule has 0 saturated carbocycles. The maximum absolute atomic E-state index is 9.10. The van der Waals surface area contributed by atoms with Crippen molar-refractivity contribution in [3.05, 3.63) is 59.7 Å². The molecule has 140 valence electrons. The van der Waals surface area contributed by atoms with Crippen LogP contribution in [0, 0.1) is 11.3 Å². The number of hydrogen-bond donors (Lipinski definition) is 0. The van der Waals surface area contributed by atoms with Gasteiger partial charge >= 0.3 is 0 Å². The summed E-state index contributed by atoms with van der Waals surface area (Å²) in [6.07, 6.45) is 6.32. The SMILES string of the molecule is CCn1nc(-c2cccc(C#N)c2)cc1OC1C=CC(C(OC)OC)=CC1. The first kappa shape index (κ1) is 18.9. The van der Waals surface area contributed by atoms with E-state index in [4.69, 9.17) is 19.5 Å². The molecule has 1 unspecified atom stereocenters. The smallest absolute Gasteiger partial charge is 0.212 e. The fraction of sp³-hybridized carbons (Fsp3) is 0.333. The molecule has 0 bridgehead atoms. The maximum Gasteiger partial charge on any atom is 0.212 e. The van der Waals surface area contributed by atoms with Crippen LogP contribution in [0.1, 0.15) is 18.9 Å². The van der Waals surface area contributed by atoms with Gasteiger partial charge in [0.25, 0.3) is 0 Å². The quantitative estimate of drug-likeness (QED) is 0.700. The summed E-state index contributed by atoms with van der Waals surface area (Å²) in [4.78, 5) is 0. The molecular weight excluding hydrogens is 342 g/mol. The Hall–Kier alpha value is -2.88. The number of nitriles is 1. The minimum absolute atomic E-state index is 0.0802. The molecule has 6 nitrogen and oxygen atoms in total. The Balaban J connectivity index is 1.76. The van der Waals surface area contributed by atoms with E-state index in [1.165, 1.54) is 0 Å². The van der Waals surface area contributed by atoms with Gasteiger partial charge in [-0.05, 0) is 25.1 Å². The van der Waals surface area contributed by atoms with Crippen LogP contribution >= 0.6 is 0 Å². The number of benzene rings is 1. The monoisotopic (exact) mass is 365 g/mol. The molecular formula is C21H23N3O3. The second-order valence-corrected chi connectivity index (χ2v) is 6.13. The molecule has 1 aliphatic carbocycles. The highest BCUT2D eigenvalue weighted by atomic mass is 16.7. The van der Waals surface area contributed by atoms with Crippen molar-refractivity contribution >= 4 is 0 Å². The molecule has 27 heavy (non-hydrogen) atoms. The van der Waals surface area contributed by atoms with Crippen LogP contribution in [-0.2, 0) is 16.0 Å². The van der Waals surface area contributed by atoms with Crippen LogP contribution in [0.2, 0.25) is 0 Å². The molecule has 1 aromatic carbocycles. The molecule has 0 fully saturated rings. The lowest BCUT2D eigenvalue weighted by Crippen LogP contribution is -2.21. The number of aryl methyl sites for hydroxylation is 1. The van der Waals surface area contributed by atoms with Crippen LogP contribution in [0.4, 0.5) is 0 Å². The first-order chi connectivity index (χ1) is 13.2. The summed E-state index contributed by atoms with van der Waals surface area (Å²) in [7, 11) is 3.24. The zero-order valence-corrected chi connectivity index (χ0v) is 15.8. The Morgan fingerprint density at radius 2 is 2.11 bits per heavy atom. The molecule has 1 atom stereocenters. The van der Waals surface area contributed by atoms with Gasteiger partial charge < -0.3 is 14.2 Å². The van der Waals surface area contributed by atoms with Gasteiger partial charge in [0.15, 0.2) is 6.29 Å². The Morgan fingerprint density at radius 1 is 1.30 bits per heavy atom. The van der Waals surface area contributed by atoms with Crippen LogP contribution in [-0.4, -0.2) is 36.4 Å². The summed E-state index contributed by atoms with van der Waals surface area (Å²) in [5.74, 6) is 0.705. The molecule has 0 radical (unpaired) electrons. The summed E-state index contributed by atoms with van der Waals surface area (Å²) >= 11 is 0. The van der Waals surface area contributed by atoms with Crippen molar-refractivity contribution in [2.45, 2.75) is 32.3 Å². The Kier molecular flexibility index (Phi) is 6.07. The van der Waals surface area contributed by atoms with Gasteiger partial charge in [-0.2, -0.15) is 10.4 Å². The number of hydrogen-bond acceptors (Lipinski definition) is 5. The summed E-state index contributed by atoms with van der Waals surface area (Å²) < 4.78 is 18.5. The highest BCUT2D eigenvalue weighted by Gasteiger charge is 2.18. The fourth-order valence-corrected chi connectivity index (χ4v) is 3.01. The van der Waals surface area contributed by atoms with E-state index in [0.29, 0.717) is 18.0 Å². The van der Waals surface area contributed by atoms with Gasteiger partial charge in [-0.3, -0.25) is 0 Å². The van der Waals surface area contributed by atoms with Gasteiger partial charge in [0.2, 0.25) is 5.88 Å². The lowest BCUT2D eigenvalue weighted by molar-refractivity contribution is -0.0729. The van der Waals surface area contributed by atoms with E-state index >= 15 is 0 Å². The van der Waals surface area contributed by atoms with Crippen LogP contribution in [0.25, 0.3) is 11.3 Å².